The lowest BCUT2D eigenvalue weighted by atomic mass is 10.1. The third kappa shape index (κ3) is 3.93. The minimum absolute atomic E-state index is 0. The maximum Gasteiger partial charge on any atom is 0.283 e. The van der Waals surface area contributed by atoms with E-state index in [1.165, 1.54) is 6.42 Å². The Morgan fingerprint density at radius 2 is 1.81 bits per heavy atom. The van der Waals surface area contributed by atoms with Crippen molar-refractivity contribution in [2.45, 2.75) is 32.6 Å². The topological polar surface area (TPSA) is 60.6 Å². The predicted octanol–water partition coefficient (Wildman–Crippen LogP) is 0.546. The average molecular weight is 494 g/mol. The molecule has 5 rings (SSSR count). The van der Waals surface area contributed by atoms with Gasteiger partial charge < -0.3 is 27.0 Å². The van der Waals surface area contributed by atoms with Crippen LogP contribution in [0.5, 0.6) is 5.75 Å². The van der Waals surface area contributed by atoms with E-state index in [4.69, 9.17) is 9.72 Å². The number of fused-ring (bicyclic) bond motifs is 1. The van der Waals surface area contributed by atoms with Gasteiger partial charge in [-0.1, -0.05) is 24.6 Å². The number of halogens is 1. The minimum Gasteiger partial charge on any atom is -1.00 e. The molecule has 0 unspecified atom stereocenters. The van der Waals surface area contributed by atoms with E-state index in [2.05, 4.69) is 5.32 Å². The average Bonchev–Trinajstić information content (AvgIpc) is 3.20. The van der Waals surface area contributed by atoms with Crippen molar-refractivity contribution in [2.75, 3.05) is 13.2 Å². The van der Waals surface area contributed by atoms with Crippen molar-refractivity contribution in [1.29, 1.82) is 0 Å². The van der Waals surface area contributed by atoms with Crippen LogP contribution in [0, 0.1) is 0 Å². The van der Waals surface area contributed by atoms with E-state index < -0.39 is 0 Å². The molecule has 2 aromatic heterocycles. The van der Waals surface area contributed by atoms with Crippen LogP contribution in [-0.4, -0.2) is 27.3 Å². The highest BCUT2D eigenvalue weighted by molar-refractivity contribution is 5.66. The second kappa shape index (κ2) is 9.61. The minimum atomic E-state index is -0.0362. The second-order valence-electron chi connectivity index (χ2n) is 7.78. The van der Waals surface area contributed by atoms with Crippen molar-refractivity contribution in [3.05, 3.63) is 76.4 Å². The SMILES string of the molecule is CCOc1ccc(-c2cnc3/c(=C4\CCCCCN4)c(=O)n(-c4ccccc4)n23)cc1.[Br-]. The van der Waals surface area contributed by atoms with E-state index in [-0.39, 0.29) is 22.5 Å². The Labute approximate surface area is 197 Å². The van der Waals surface area contributed by atoms with Crippen molar-refractivity contribution in [3.8, 4) is 22.7 Å². The van der Waals surface area contributed by atoms with Crippen LogP contribution >= 0.6 is 0 Å². The van der Waals surface area contributed by atoms with E-state index in [1.807, 2.05) is 72.2 Å². The standard InChI is InChI=1S/C25H26N4O2.BrH/c1-2-31-20-14-12-18(13-15-20)22-17-27-24-23(21-11-7-4-8-16-26-21)25(30)28(29(22)24)19-9-5-3-6-10-19;/h3,5-6,9-10,12-15,17,26H,2,4,7-8,11,16H2,1H3;1H/p-1/b23-21-;. The van der Waals surface area contributed by atoms with Gasteiger partial charge in [0.25, 0.3) is 5.56 Å². The first kappa shape index (κ1) is 22.1. The third-order valence-corrected chi connectivity index (χ3v) is 5.77. The van der Waals surface area contributed by atoms with Gasteiger partial charge in [-0.05, 0) is 62.6 Å². The van der Waals surface area contributed by atoms with Gasteiger partial charge in [0.15, 0.2) is 5.65 Å². The number of hydrogen-bond donors (Lipinski definition) is 1. The van der Waals surface area contributed by atoms with Crippen molar-refractivity contribution in [3.63, 3.8) is 0 Å². The summed E-state index contributed by atoms with van der Waals surface area (Å²) in [6.07, 6.45) is 6.10. The summed E-state index contributed by atoms with van der Waals surface area (Å²) in [5, 5.41) is 4.18. The van der Waals surface area contributed by atoms with Crippen LogP contribution in [-0.2, 0) is 0 Å². The Kier molecular flexibility index (Phi) is 6.65. The Morgan fingerprint density at radius 3 is 2.56 bits per heavy atom. The van der Waals surface area contributed by atoms with E-state index in [1.54, 1.807) is 4.68 Å². The number of nitrogens with one attached hydrogen (secondary N) is 1. The van der Waals surface area contributed by atoms with E-state index >= 15 is 0 Å². The molecule has 0 bridgehead atoms. The first-order chi connectivity index (χ1) is 15.3. The lowest BCUT2D eigenvalue weighted by Crippen LogP contribution is -3.00. The summed E-state index contributed by atoms with van der Waals surface area (Å²) in [6, 6.07) is 17.7. The summed E-state index contributed by atoms with van der Waals surface area (Å²) < 4.78 is 9.27. The molecule has 1 N–H and O–H groups in total. The van der Waals surface area contributed by atoms with Gasteiger partial charge >= 0.3 is 0 Å². The molecule has 3 heterocycles. The number of aromatic nitrogens is 3. The smallest absolute Gasteiger partial charge is 0.283 e. The number of para-hydroxylation sites is 1. The molecule has 0 radical (unpaired) electrons. The number of benzene rings is 2. The fourth-order valence-corrected chi connectivity index (χ4v) is 4.31. The predicted molar refractivity (Wildman–Crippen MR) is 122 cm³/mol. The van der Waals surface area contributed by atoms with Crippen LogP contribution in [0.1, 0.15) is 32.6 Å². The van der Waals surface area contributed by atoms with Crippen LogP contribution < -0.4 is 37.8 Å². The molecular formula is C25H26BrN4O2-. The molecule has 0 amide bonds. The van der Waals surface area contributed by atoms with Gasteiger partial charge in [-0.3, -0.25) is 4.79 Å². The van der Waals surface area contributed by atoms with Crippen molar-refractivity contribution in [1.82, 2.24) is 19.5 Å². The van der Waals surface area contributed by atoms with Gasteiger partial charge in [-0.25, -0.2) is 14.2 Å². The number of ether oxygens (including phenoxy) is 1. The summed E-state index contributed by atoms with van der Waals surface area (Å²) in [5.74, 6) is 0.828. The number of nitrogens with zero attached hydrogens (tertiary/aromatic N) is 3. The van der Waals surface area contributed by atoms with Gasteiger partial charge in [0.05, 0.1) is 24.2 Å². The van der Waals surface area contributed by atoms with Gasteiger partial charge in [-0.15, -0.1) is 0 Å². The molecule has 0 atom stereocenters. The highest BCUT2D eigenvalue weighted by Gasteiger charge is 2.20. The lowest BCUT2D eigenvalue weighted by Gasteiger charge is -2.08. The molecule has 1 aliphatic rings. The largest absolute Gasteiger partial charge is 1.00 e. The molecule has 1 fully saturated rings. The highest BCUT2D eigenvalue weighted by Crippen LogP contribution is 2.24. The molecule has 32 heavy (non-hydrogen) atoms. The molecule has 7 heteroatoms. The van der Waals surface area contributed by atoms with Gasteiger partial charge in [0.1, 0.15) is 11.0 Å². The number of imidazole rings is 1. The fourth-order valence-electron chi connectivity index (χ4n) is 4.31. The summed E-state index contributed by atoms with van der Waals surface area (Å²) in [5.41, 5.74) is 4.35. The highest BCUT2D eigenvalue weighted by atomic mass is 79.9. The molecule has 4 aromatic rings. The molecule has 0 spiro atoms. The molecule has 0 aliphatic carbocycles. The number of hydrogen-bond acceptors (Lipinski definition) is 4. The zero-order valence-electron chi connectivity index (χ0n) is 18.1. The Morgan fingerprint density at radius 1 is 1.03 bits per heavy atom. The van der Waals surface area contributed by atoms with Gasteiger partial charge in [0, 0.05) is 17.8 Å². The summed E-state index contributed by atoms with van der Waals surface area (Å²) in [7, 11) is 0. The zero-order valence-corrected chi connectivity index (χ0v) is 19.6. The summed E-state index contributed by atoms with van der Waals surface area (Å²) in [6.45, 7) is 3.49. The van der Waals surface area contributed by atoms with E-state index in [9.17, 15) is 4.79 Å². The molecule has 166 valence electrons. The molecular weight excluding hydrogens is 468 g/mol. The Balaban J connectivity index is 0.00000245. The molecule has 6 nitrogen and oxygen atoms in total. The van der Waals surface area contributed by atoms with Crippen LogP contribution in [0.2, 0.25) is 0 Å². The van der Waals surface area contributed by atoms with Crippen molar-refractivity contribution in [2.24, 2.45) is 0 Å². The van der Waals surface area contributed by atoms with Gasteiger partial charge in [-0.2, -0.15) is 0 Å². The molecule has 2 aromatic carbocycles. The molecule has 1 aliphatic heterocycles. The second-order valence-corrected chi connectivity index (χ2v) is 7.78. The number of rotatable bonds is 4. The first-order valence-electron chi connectivity index (χ1n) is 11.0. The summed E-state index contributed by atoms with van der Waals surface area (Å²) >= 11 is 0. The van der Waals surface area contributed by atoms with Crippen LogP contribution in [0.4, 0.5) is 0 Å². The normalized spacial score (nSPS) is 15.7. The fraction of sp³-hybridized carbons (Fsp3) is 0.280. The Bertz CT molecular complexity index is 1300. The zero-order chi connectivity index (χ0) is 21.2. The summed E-state index contributed by atoms with van der Waals surface area (Å²) in [4.78, 5) is 18.4. The van der Waals surface area contributed by atoms with E-state index in [0.29, 0.717) is 17.5 Å². The lowest BCUT2D eigenvalue weighted by molar-refractivity contribution is -0.00000698. The third-order valence-electron chi connectivity index (χ3n) is 5.77. The van der Waals surface area contributed by atoms with Crippen LogP contribution in [0.3, 0.4) is 0 Å². The maximum atomic E-state index is 13.7. The molecule has 1 saturated heterocycles. The van der Waals surface area contributed by atoms with E-state index in [0.717, 1.165) is 54.2 Å². The van der Waals surface area contributed by atoms with Crippen LogP contribution in [0.25, 0.3) is 28.3 Å². The first-order valence-corrected chi connectivity index (χ1v) is 11.0. The van der Waals surface area contributed by atoms with Crippen molar-refractivity contribution >= 4 is 11.3 Å². The van der Waals surface area contributed by atoms with Gasteiger partial charge in [0.2, 0.25) is 0 Å². The molecule has 0 saturated carbocycles. The van der Waals surface area contributed by atoms with Crippen LogP contribution in [0.15, 0.2) is 65.6 Å². The quantitative estimate of drug-likeness (QED) is 0.450. The van der Waals surface area contributed by atoms with Crippen molar-refractivity contribution < 1.29 is 21.7 Å². The monoisotopic (exact) mass is 493 g/mol. The Hall–Kier alpha value is -3.06. The maximum absolute atomic E-state index is 13.7.